The van der Waals surface area contributed by atoms with E-state index in [0.717, 1.165) is 96.3 Å². The first-order valence-electron chi connectivity index (χ1n) is 32.1. The van der Waals surface area contributed by atoms with Crippen molar-refractivity contribution in [2.24, 2.45) is 0 Å². The summed E-state index contributed by atoms with van der Waals surface area (Å²) in [6.45, 7) is 6.52. The van der Waals surface area contributed by atoms with Gasteiger partial charge in [-0.05, 0) is 96.3 Å². The zero-order chi connectivity index (χ0) is 54.3. The van der Waals surface area contributed by atoms with Gasteiger partial charge in [0.25, 0.3) is 0 Å². The van der Waals surface area contributed by atoms with E-state index < -0.39 is 6.10 Å². The van der Waals surface area contributed by atoms with Crippen LogP contribution in [-0.2, 0) is 28.6 Å². The molecule has 0 N–H and O–H groups in total. The van der Waals surface area contributed by atoms with Crippen molar-refractivity contribution >= 4 is 17.9 Å². The van der Waals surface area contributed by atoms with Crippen LogP contribution in [0.15, 0.2) is 85.1 Å². The fraction of sp³-hybridized carbons (Fsp3) is 0.754. The molecule has 0 heterocycles. The number of hydrogen-bond acceptors (Lipinski definition) is 6. The second-order valence-corrected chi connectivity index (χ2v) is 21.3. The third-order valence-corrected chi connectivity index (χ3v) is 13.9. The number of allylic oxidation sites excluding steroid dienone is 14. The number of carbonyl (C=O) groups excluding carboxylic acids is 3. The molecule has 0 spiro atoms. The Morgan fingerprint density at radius 3 is 0.813 bits per heavy atom. The van der Waals surface area contributed by atoms with Gasteiger partial charge in [-0.25, -0.2) is 0 Å². The molecule has 0 aliphatic rings. The monoisotopic (exact) mass is 1040 g/mol. The Morgan fingerprint density at radius 1 is 0.280 bits per heavy atom. The first-order valence-corrected chi connectivity index (χ1v) is 32.1. The van der Waals surface area contributed by atoms with Gasteiger partial charge >= 0.3 is 17.9 Å². The third kappa shape index (κ3) is 61.3. The number of carbonyl (C=O) groups is 3. The first-order chi connectivity index (χ1) is 37.0. The van der Waals surface area contributed by atoms with E-state index in [1.165, 1.54) is 180 Å². The predicted octanol–water partition coefficient (Wildman–Crippen LogP) is 21.9. The lowest BCUT2D eigenvalue weighted by Gasteiger charge is -2.18. The van der Waals surface area contributed by atoms with Gasteiger partial charge in [0.1, 0.15) is 13.2 Å². The molecule has 0 bridgehead atoms. The van der Waals surface area contributed by atoms with Crippen LogP contribution in [0.1, 0.15) is 316 Å². The highest BCUT2D eigenvalue weighted by Crippen LogP contribution is 2.16. The minimum atomic E-state index is -0.778. The van der Waals surface area contributed by atoms with Crippen molar-refractivity contribution < 1.29 is 28.6 Å². The molecule has 1 unspecified atom stereocenters. The second-order valence-electron chi connectivity index (χ2n) is 21.3. The molecule has 6 heteroatoms. The number of rotatable bonds is 58. The van der Waals surface area contributed by atoms with E-state index in [1.54, 1.807) is 0 Å². The minimum absolute atomic E-state index is 0.0761. The van der Waals surface area contributed by atoms with Crippen LogP contribution >= 0.6 is 0 Å². The molecular weight excluding hydrogens is 925 g/mol. The van der Waals surface area contributed by atoms with Crippen LogP contribution in [0.3, 0.4) is 0 Å². The molecule has 0 radical (unpaired) electrons. The molecule has 0 aromatic carbocycles. The van der Waals surface area contributed by atoms with E-state index in [2.05, 4.69) is 106 Å². The number of ether oxygens (including phenoxy) is 3. The summed E-state index contributed by atoms with van der Waals surface area (Å²) in [5, 5.41) is 0. The van der Waals surface area contributed by atoms with Crippen molar-refractivity contribution in [3.05, 3.63) is 85.1 Å². The average Bonchev–Trinajstić information content (AvgIpc) is 3.41. The molecule has 0 rings (SSSR count). The van der Waals surface area contributed by atoms with E-state index >= 15 is 0 Å². The summed E-state index contributed by atoms with van der Waals surface area (Å²) in [6.07, 6.45) is 83.1. The Balaban J connectivity index is 4.21. The molecule has 1 atom stereocenters. The summed E-state index contributed by atoms with van der Waals surface area (Å²) in [5.41, 5.74) is 0. The molecule has 0 amide bonds. The van der Waals surface area contributed by atoms with Crippen LogP contribution < -0.4 is 0 Å². The van der Waals surface area contributed by atoms with Gasteiger partial charge in [0.2, 0.25) is 0 Å². The van der Waals surface area contributed by atoms with Crippen LogP contribution in [0.25, 0.3) is 0 Å². The molecule has 0 aliphatic heterocycles. The Bertz CT molecular complexity index is 1430. The van der Waals surface area contributed by atoms with Crippen LogP contribution in [0.4, 0.5) is 0 Å². The minimum Gasteiger partial charge on any atom is -0.462 e. The summed E-state index contributed by atoms with van der Waals surface area (Å²) in [6, 6.07) is 0. The van der Waals surface area contributed by atoms with E-state index in [-0.39, 0.29) is 31.1 Å². The van der Waals surface area contributed by atoms with Crippen molar-refractivity contribution in [3.63, 3.8) is 0 Å². The smallest absolute Gasteiger partial charge is 0.306 e. The Hall–Kier alpha value is -3.41. The Labute approximate surface area is 465 Å². The number of hydrogen-bond donors (Lipinski definition) is 0. The van der Waals surface area contributed by atoms with Crippen LogP contribution in [-0.4, -0.2) is 37.2 Å². The van der Waals surface area contributed by atoms with Gasteiger partial charge < -0.3 is 14.2 Å². The highest BCUT2D eigenvalue weighted by Gasteiger charge is 2.19. The standard InChI is InChI=1S/C69H120O6/c1-4-7-10-13-16-19-21-23-25-27-29-31-32-33-34-35-36-38-39-41-43-45-47-50-53-56-59-62-68(71)74-65-66(64-73-67(70)61-58-55-52-49-18-15-12-9-6-3)75-69(72)63-60-57-54-51-48-46-44-42-40-37-30-28-26-24-22-20-17-14-11-8-5-2/h7,10,16,19,22-25,28-31,33-34,66H,4-6,8-9,11-15,17-18,20-21,26-27,32,35-65H2,1-3H3/b10-7-,19-16-,24-22-,25-23-,30-28-,31-29-,34-33-. The maximum absolute atomic E-state index is 12.9. The highest BCUT2D eigenvalue weighted by molar-refractivity contribution is 5.71. The largest absolute Gasteiger partial charge is 0.462 e. The maximum Gasteiger partial charge on any atom is 0.306 e. The highest BCUT2D eigenvalue weighted by atomic mass is 16.6. The van der Waals surface area contributed by atoms with Crippen LogP contribution in [0, 0.1) is 0 Å². The summed E-state index contributed by atoms with van der Waals surface area (Å²) < 4.78 is 16.9. The van der Waals surface area contributed by atoms with Crippen LogP contribution in [0.5, 0.6) is 0 Å². The fourth-order valence-electron chi connectivity index (χ4n) is 9.09. The van der Waals surface area contributed by atoms with Gasteiger partial charge in [-0.3, -0.25) is 14.4 Å². The Morgan fingerprint density at radius 2 is 0.520 bits per heavy atom. The van der Waals surface area contributed by atoms with E-state index in [1.807, 2.05) is 0 Å². The molecule has 0 saturated heterocycles. The van der Waals surface area contributed by atoms with Crippen molar-refractivity contribution in [3.8, 4) is 0 Å². The maximum atomic E-state index is 12.9. The first kappa shape index (κ1) is 71.6. The normalized spacial score (nSPS) is 12.6. The molecule has 0 saturated carbocycles. The topological polar surface area (TPSA) is 78.9 Å². The van der Waals surface area contributed by atoms with Crippen molar-refractivity contribution in [2.45, 2.75) is 322 Å². The van der Waals surface area contributed by atoms with Gasteiger partial charge in [-0.2, -0.15) is 0 Å². The number of unbranched alkanes of at least 4 members (excludes halogenated alkanes) is 33. The molecule has 0 aromatic rings. The predicted molar refractivity (Wildman–Crippen MR) is 325 cm³/mol. The van der Waals surface area contributed by atoms with E-state index in [0.29, 0.717) is 19.3 Å². The zero-order valence-corrected chi connectivity index (χ0v) is 49.6. The summed E-state index contributed by atoms with van der Waals surface area (Å²) in [4.78, 5) is 38.2. The summed E-state index contributed by atoms with van der Waals surface area (Å²) in [5.74, 6) is -0.874. The third-order valence-electron chi connectivity index (χ3n) is 13.9. The van der Waals surface area contributed by atoms with Gasteiger partial charge in [-0.15, -0.1) is 0 Å². The number of esters is 3. The van der Waals surface area contributed by atoms with E-state index in [4.69, 9.17) is 14.2 Å². The molecule has 75 heavy (non-hydrogen) atoms. The van der Waals surface area contributed by atoms with Crippen molar-refractivity contribution in [1.82, 2.24) is 0 Å². The van der Waals surface area contributed by atoms with Gasteiger partial charge in [0.05, 0.1) is 0 Å². The fourth-order valence-corrected chi connectivity index (χ4v) is 9.09. The van der Waals surface area contributed by atoms with Gasteiger partial charge in [0.15, 0.2) is 6.10 Å². The molecule has 0 aliphatic carbocycles. The Kier molecular flexibility index (Phi) is 60.3. The summed E-state index contributed by atoms with van der Waals surface area (Å²) in [7, 11) is 0. The van der Waals surface area contributed by atoms with Crippen molar-refractivity contribution in [1.29, 1.82) is 0 Å². The average molecular weight is 1050 g/mol. The zero-order valence-electron chi connectivity index (χ0n) is 49.6. The molecular formula is C69H120O6. The van der Waals surface area contributed by atoms with Crippen molar-refractivity contribution in [2.75, 3.05) is 13.2 Å². The quantitative estimate of drug-likeness (QED) is 0.0261. The second kappa shape index (κ2) is 63.1. The molecule has 0 aromatic heterocycles. The molecule has 6 nitrogen and oxygen atoms in total. The van der Waals surface area contributed by atoms with Gasteiger partial charge in [0, 0.05) is 19.3 Å². The van der Waals surface area contributed by atoms with Crippen LogP contribution in [0.2, 0.25) is 0 Å². The lowest BCUT2D eigenvalue weighted by molar-refractivity contribution is -0.167. The molecule has 0 fully saturated rings. The lowest BCUT2D eigenvalue weighted by atomic mass is 10.0. The van der Waals surface area contributed by atoms with Gasteiger partial charge in [-0.1, -0.05) is 286 Å². The van der Waals surface area contributed by atoms with E-state index in [9.17, 15) is 14.4 Å². The molecule has 432 valence electrons. The SMILES string of the molecule is CC/C=C\C/C=C\C/C=C\C/C=C\C/C=C\CCCCCCCCCCCCCC(=O)OCC(COC(=O)CCCCCCCCCCC)OC(=O)CCCCCCCCCCC/C=C\C/C=C\CCCCCCC. The lowest BCUT2D eigenvalue weighted by Crippen LogP contribution is -2.30. The summed E-state index contributed by atoms with van der Waals surface area (Å²) >= 11 is 0.